The van der Waals surface area contributed by atoms with Gasteiger partial charge in [0.15, 0.2) is 0 Å². The zero-order chi connectivity index (χ0) is 16.4. The first-order chi connectivity index (χ1) is 11.1. The van der Waals surface area contributed by atoms with E-state index in [0.717, 1.165) is 34.3 Å². The second kappa shape index (κ2) is 6.22. The highest BCUT2D eigenvalue weighted by Gasteiger charge is 2.10. The molecule has 1 aromatic carbocycles. The lowest BCUT2D eigenvalue weighted by Crippen LogP contribution is -2.19. The number of nitrogens with zero attached hydrogens (tertiary/aromatic N) is 3. The topological polar surface area (TPSA) is 53.9 Å². The van der Waals surface area contributed by atoms with Crippen LogP contribution in [0.3, 0.4) is 0 Å². The number of hydrogen-bond acceptors (Lipinski definition) is 3. The maximum absolute atomic E-state index is 11.8. The molecule has 0 atom stereocenters. The quantitative estimate of drug-likeness (QED) is 0.788. The molecule has 3 rings (SSSR count). The molecule has 0 saturated heterocycles. The summed E-state index contributed by atoms with van der Waals surface area (Å²) in [5.74, 6) is 0. The van der Waals surface area contributed by atoms with E-state index in [2.05, 4.69) is 21.6 Å². The Kier molecular flexibility index (Phi) is 4.12. The SMILES string of the molecule is C=Cn1cc(CN(C)Cc2cc(=O)[nH]c3ccccc23)c(C)n1. The summed E-state index contributed by atoms with van der Waals surface area (Å²) >= 11 is 0. The first-order valence-electron chi connectivity index (χ1n) is 7.53. The van der Waals surface area contributed by atoms with Gasteiger partial charge < -0.3 is 4.98 Å². The molecular formula is C18H20N4O. The minimum atomic E-state index is -0.0669. The van der Waals surface area contributed by atoms with Crippen LogP contribution in [0, 0.1) is 6.92 Å². The van der Waals surface area contributed by atoms with Gasteiger partial charge in [0.2, 0.25) is 5.56 Å². The van der Waals surface area contributed by atoms with Crippen molar-refractivity contribution in [2.75, 3.05) is 7.05 Å². The maximum Gasteiger partial charge on any atom is 0.248 e. The second-order valence-electron chi connectivity index (χ2n) is 5.78. The summed E-state index contributed by atoms with van der Waals surface area (Å²) in [5.41, 5.74) is 3.98. The number of aryl methyl sites for hydroxylation is 1. The molecular weight excluding hydrogens is 288 g/mol. The molecule has 2 aromatic heterocycles. The van der Waals surface area contributed by atoms with Crippen LogP contribution in [0.5, 0.6) is 0 Å². The Balaban J connectivity index is 1.85. The molecule has 3 aromatic rings. The predicted octanol–water partition coefficient (Wildman–Crippen LogP) is 2.77. The van der Waals surface area contributed by atoms with Crippen molar-refractivity contribution in [2.45, 2.75) is 20.0 Å². The Morgan fingerprint density at radius 3 is 2.78 bits per heavy atom. The summed E-state index contributed by atoms with van der Waals surface area (Å²) in [4.78, 5) is 16.9. The number of para-hydroxylation sites is 1. The number of benzene rings is 1. The van der Waals surface area contributed by atoms with Crippen LogP contribution in [0.15, 0.2) is 47.9 Å². The van der Waals surface area contributed by atoms with Gasteiger partial charge in [0, 0.05) is 48.0 Å². The number of fused-ring (bicyclic) bond motifs is 1. The summed E-state index contributed by atoms with van der Waals surface area (Å²) in [6.45, 7) is 7.18. The van der Waals surface area contributed by atoms with Crippen LogP contribution in [-0.4, -0.2) is 26.7 Å². The summed E-state index contributed by atoms with van der Waals surface area (Å²) in [7, 11) is 2.04. The highest BCUT2D eigenvalue weighted by atomic mass is 16.1. The lowest BCUT2D eigenvalue weighted by molar-refractivity contribution is 0.319. The van der Waals surface area contributed by atoms with Gasteiger partial charge in [0.25, 0.3) is 0 Å². The molecule has 0 unspecified atom stereocenters. The summed E-state index contributed by atoms with van der Waals surface area (Å²) in [6.07, 6.45) is 3.66. The van der Waals surface area contributed by atoms with Gasteiger partial charge in [-0.15, -0.1) is 0 Å². The van der Waals surface area contributed by atoms with Crippen molar-refractivity contribution < 1.29 is 0 Å². The molecule has 0 saturated carbocycles. The Morgan fingerprint density at radius 2 is 2.04 bits per heavy atom. The van der Waals surface area contributed by atoms with E-state index >= 15 is 0 Å². The molecule has 0 radical (unpaired) electrons. The highest BCUT2D eigenvalue weighted by molar-refractivity contribution is 5.81. The standard InChI is InChI=1S/C18H20N4O/c1-4-22-12-15(13(2)20-22)11-21(3)10-14-9-18(23)19-17-8-6-5-7-16(14)17/h4-9,12H,1,10-11H2,2-3H3,(H,19,23). The number of hydrogen-bond donors (Lipinski definition) is 1. The van der Waals surface area contributed by atoms with Crippen molar-refractivity contribution in [1.82, 2.24) is 19.7 Å². The summed E-state index contributed by atoms with van der Waals surface area (Å²) < 4.78 is 1.72. The van der Waals surface area contributed by atoms with Crippen molar-refractivity contribution in [3.63, 3.8) is 0 Å². The predicted molar refractivity (Wildman–Crippen MR) is 93.1 cm³/mol. The van der Waals surface area contributed by atoms with E-state index in [1.807, 2.05) is 44.4 Å². The number of rotatable bonds is 5. The molecule has 0 fully saturated rings. The second-order valence-corrected chi connectivity index (χ2v) is 5.78. The summed E-state index contributed by atoms with van der Waals surface area (Å²) in [5, 5.41) is 5.45. The van der Waals surface area contributed by atoms with Crippen molar-refractivity contribution in [2.24, 2.45) is 0 Å². The van der Waals surface area contributed by atoms with E-state index < -0.39 is 0 Å². The molecule has 118 valence electrons. The average molecular weight is 308 g/mol. The Labute approximate surface area is 134 Å². The smallest absolute Gasteiger partial charge is 0.248 e. The van der Waals surface area contributed by atoms with Gasteiger partial charge in [-0.2, -0.15) is 5.10 Å². The van der Waals surface area contributed by atoms with E-state index in [0.29, 0.717) is 6.54 Å². The first-order valence-corrected chi connectivity index (χ1v) is 7.53. The third kappa shape index (κ3) is 3.24. The lowest BCUT2D eigenvalue weighted by Gasteiger charge is -2.17. The monoisotopic (exact) mass is 308 g/mol. The maximum atomic E-state index is 11.8. The van der Waals surface area contributed by atoms with Gasteiger partial charge in [0.1, 0.15) is 0 Å². The molecule has 0 bridgehead atoms. The van der Waals surface area contributed by atoms with Gasteiger partial charge in [-0.05, 0) is 25.6 Å². The van der Waals surface area contributed by atoms with Gasteiger partial charge in [-0.25, -0.2) is 4.68 Å². The molecule has 23 heavy (non-hydrogen) atoms. The Morgan fingerprint density at radius 1 is 1.30 bits per heavy atom. The normalized spacial score (nSPS) is 11.3. The molecule has 0 aliphatic carbocycles. The zero-order valence-electron chi connectivity index (χ0n) is 13.4. The lowest BCUT2D eigenvalue weighted by atomic mass is 10.1. The molecule has 0 aliphatic rings. The van der Waals surface area contributed by atoms with Crippen LogP contribution in [0.2, 0.25) is 0 Å². The number of pyridine rings is 1. The first kappa shape index (κ1) is 15.2. The molecule has 0 amide bonds. The van der Waals surface area contributed by atoms with Crippen molar-refractivity contribution >= 4 is 17.1 Å². The molecule has 1 N–H and O–H groups in total. The molecule has 0 aliphatic heterocycles. The fourth-order valence-electron chi connectivity index (χ4n) is 2.81. The Hall–Kier alpha value is -2.66. The zero-order valence-corrected chi connectivity index (χ0v) is 13.4. The van der Waals surface area contributed by atoms with Gasteiger partial charge in [-0.3, -0.25) is 9.69 Å². The van der Waals surface area contributed by atoms with E-state index in [1.165, 1.54) is 0 Å². The molecule has 5 heteroatoms. The van der Waals surface area contributed by atoms with Crippen LogP contribution >= 0.6 is 0 Å². The van der Waals surface area contributed by atoms with Crippen LogP contribution in [-0.2, 0) is 13.1 Å². The molecule has 0 spiro atoms. The minimum Gasteiger partial charge on any atom is -0.322 e. The van der Waals surface area contributed by atoms with Crippen LogP contribution in [0.1, 0.15) is 16.8 Å². The third-order valence-electron chi connectivity index (χ3n) is 3.92. The number of aromatic nitrogens is 3. The van der Waals surface area contributed by atoms with Crippen molar-refractivity contribution in [1.29, 1.82) is 0 Å². The molecule has 5 nitrogen and oxygen atoms in total. The van der Waals surface area contributed by atoms with E-state index in [1.54, 1.807) is 16.9 Å². The largest absolute Gasteiger partial charge is 0.322 e. The van der Waals surface area contributed by atoms with E-state index in [4.69, 9.17) is 0 Å². The van der Waals surface area contributed by atoms with E-state index in [-0.39, 0.29) is 5.56 Å². The average Bonchev–Trinajstić information content (AvgIpc) is 2.87. The van der Waals surface area contributed by atoms with Gasteiger partial charge >= 0.3 is 0 Å². The van der Waals surface area contributed by atoms with Crippen molar-refractivity contribution in [3.05, 3.63) is 70.3 Å². The molecule has 2 heterocycles. The number of aromatic amines is 1. The van der Waals surface area contributed by atoms with Gasteiger partial charge in [-0.1, -0.05) is 24.8 Å². The van der Waals surface area contributed by atoms with Crippen LogP contribution in [0.4, 0.5) is 0 Å². The fourth-order valence-corrected chi connectivity index (χ4v) is 2.81. The third-order valence-corrected chi connectivity index (χ3v) is 3.92. The number of H-pyrrole nitrogens is 1. The fraction of sp³-hybridized carbons (Fsp3) is 0.222. The Bertz CT molecular complexity index is 907. The highest BCUT2D eigenvalue weighted by Crippen LogP contribution is 2.17. The van der Waals surface area contributed by atoms with Crippen molar-refractivity contribution in [3.8, 4) is 0 Å². The summed E-state index contributed by atoms with van der Waals surface area (Å²) in [6, 6.07) is 9.56. The van der Waals surface area contributed by atoms with Crippen LogP contribution < -0.4 is 5.56 Å². The number of nitrogens with one attached hydrogen (secondary N) is 1. The minimum absolute atomic E-state index is 0.0669. The van der Waals surface area contributed by atoms with Crippen LogP contribution in [0.25, 0.3) is 17.1 Å². The van der Waals surface area contributed by atoms with E-state index in [9.17, 15) is 4.79 Å². The van der Waals surface area contributed by atoms with Gasteiger partial charge in [0.05, 0.1) is 5.69 Å².